The van der Waals surface area contributed by atoms with E-state index in [-0.39, 0.29) is 5.82 Å². The molecule has 1 atom stereocenters. The van der Waals surface area contributed by atoms with Gasteiger partial charge in [0, 0.05) is 33.7 Å². The number of imidazole rings is 1. The predicted octanol–water partition coefficient (Wildman–Crippen LogP) is 2.35. The quantitative estimate of drug-likeness (QED) is 0.886. The fourth-order valence-corrected chi connectivity index (χ4v) is 2.34. The van der Waals surface area contributed by atoms with Crippen LogP contribution in [0.3, 0.4) is 0 Å². The molecule has 0 saturated carbocycles. The largest absolute Gasteiger partial charge is 0.348 e. The molecule has 2 aromatic rings. The standard InChI is InChI=1S/C16H23FN4/c1-12(9-13-5-7-14(17)8-6-13)18-10-15-11-19-16(20(2)3)21(15)4/h5-8,11-12,18H,9-10H2,1-4H3. The lowest BCUT2D eigenvalue weighted by Gasteiger charge is -2.16. The molecule has 0 radical (unpaired) electrons. The smallest absolute Gasteiger partial charge is 0.204 e. The predicted molar refractivity (Wildman–Crippen MR) is 83.9 cm³/mol. The monoisotopic (exact) mass is 290 g/mol. The highest BCUT2D eigenvalue weighted by Crippen LogP contribution is 2.11. The Kier molecular flexibility index (Phi) is 4.96. The fourth-order valence-electron chi connectivity index (χ4n) is 2.34. The molecular formula is C16H23FN4. The van der Waals surface area contributed by atoms with Crippen LogP contribution in [0.25, 0.3) is 0 Å². The summed E-state index contributed by atoms with van der Waals surface area (Å²) in [6, 6.07) is 7.00. The summed E-state index contributed by atoms with van der Waals surface area (Å²) in [4.78, 5) is 6.39. The molecule has 5 heteroatoms. The van der Waals surface area contributed by atoms with Gasteiger partial charge in [0.1, 0.15) is 5.82 Å². The average molecular weight is 290 g/mol. The molecule has 4 nitrogen and oxygen atoms in total. The first-order valence-electron chi connectivity index (χ1n) is 7.13. The maximum Gasteiger partial charge on any atom is 0.204 e. The van der Waals surface area contributed by atoms with Crippen molar-refractivity contribution in [2.24, 2.45) is 7.05 Å². The van der Waals surface area contributed by atoms with E-state index in [1.54, 1.807) is 0 Å². The SMILES string of the molecule is CC(Cc1ccc(F)cc1)NCc1cnc(N(C)C)n1C. The molecule has 0 fully saturated rings. The first kappa shape index (κ1) is 15.5. The minimum Gasteiger partial charge on any atom is -0.348 e. The van der Waals surface area contributed by atoms with Crippen LogP contribution in [0, 0.1) is 5.82 Å². The summed E-state index contributed by atoms with van der Waals surface area (Å²) in [6.45, 7) is 2.90. The van der Waals surface area contributed by atoms with E-state index in [1.165, 1.54) is 12.1 Å². The summed E-state index contributed by atoms with van der Waals surface area (Å²) in [5, 5.41) is 3.48. The van der Waals surface area contributed by atoms with Crippen molar-refractivity contribution in [1.29, 1.82) is 0 Å². The maximum atomic E-state index is 12.9. The molecule has 1 unspecified atom stereocenters. The van der Waals surface area contributed by atoms with E-state index in [9.17, 15) is 4.39 Å². The fraction of sp³-hybridized carbons (Fsp3) is 0.438. The normalized spacial score (nSPS) is 12.4. The van der Waals surface area contributed by atoms with Gasteiger partial charge in [-0.2, -0.15) is 0 Å². The third-order valence-electron chi connectivity index (χ3n) is 3.55. The molecule has 114 valence electrons. The van der Waals surface area contributed by atoms with Crippen LogP contribution in [0.15, 0.2) is 30.5 Å². The Hall–Kier alpha value is -1.88. The Morgan fingerprint density at radius 1 is 1.29 bits per heavy atom. The van der Waals surface area contributed by atoms with Crippen LogP contribution in [0.1, 0.15) is 18.2 Å². The van der Waals surface area contributed by atoms with Crippen molar-refractivity contribution < 1.29 is 4.39 Å². The van der Waals surface area contributed by atoms with E-state index in [0.717, 1.165) is 30.2 Å². The number of hydrogen-bond donors (Lipinski definition) is 1. The van der Waals surface area contributed by atoms with E-state index in [1.807, 2.05) is 44.4 Å². The van der Waals surface area contributed by atoms with E-state index in [0.29, 0.717) is 6.04 Å². The highest BCUT2D eigenvalue weighted by Gasteiger charge is 2.09. The van der Waals surface area contributed by atoms with Gasteiger partial charge in [-0.1, -0.05) is 12.1 Å². The first-order chi connectivity index (χ1) is 9.97. The summed E-state index contributed by atoms with van der Waals surface area (Å²) in [6.07, 6.45) is 2.77. The van der Waals surface area contributed by atoms with Crippen LogP contribution in [0.5, 0.6) is 0 Å². The van der Waals surface area contributed by atoms with Crippen molar-refractivity contribution in [2.75, 3.05) is 19.0 Å². The van der Waals surface area contributed by atoms with Gasteiger partial charge in [0.25, 0.3) is 0 Å². The molecule has 0 saturated heterocycles. The Labute approximate surface area is 125 Å². The molecule has 0 amide bonds. The number of benzene rings is 1. The van der Waals surface area contributed by atoms with Gasteiger partial charge < -0.3 is 14.8 Å². The summed E-state index contributed by atoms with van der Waals surface area (Å²) < 4.78 is 15.0. The van der Waals surface area contributed by atoms with Gasteiger partial charge in [0.05, 0.1) is 11.9 Å². The molecule has 2 rings (SSSR count). The Balaban J connectivity index is 1.89. The topological polar surface area (TPSA) is 33.1 Å². The zero-order valence-corrected chi connectivity index (χ0v) is 13.1. The molecule has 1 N–H and O–H groups in total. The number of hydrogen-bond acceptors (Lipinski definition) is 3. The van der Waals surface area contributed by atoms with E-state index >= 15 is 0 Å². The Morgan fingerprint density at radius 3 is 2.52 bits per heavy atom. The van der Waals surface area contributed by atoms with Crippen molar-refractivity contribution in [3.63, 3.8) is 0 Å². The molecule has 1 aromatic carbocycles. The zero-order valence-electron chi connectivity index (χ0n) is 13.1. The van der Waals surface area contributed by atoms with Crippen molar-refractivity contribution in [1.82, 2.24) is 14.9 Å². The van der Waals surface area contributed by atoms with Gasteiger partial charge in [0.2, 0.25) is 5.95 Å². The number of nitrogens with zero attached hydrogens (tertiary/aromatic N) is 3. The molecule has 1 aromatic heterocycles. The summed E-state index contributed by atoms with van der Waals surface area (Å²) >= 11 is 0. The minimum absolute atomic E-state index is 0.189. The van der Waals surface area contributed by atoms with Crippen molar-refractivity contribution in [3.05, 3.63) is 47.5 Å². The second-order valence-corrected chi connectivity index (χ2v) is 5.62. The van der Waals surface area contributed by atoms with Crippen LogP contribution in [0.4, 0.5) is 10.3 Å². The second kappa shape index (κ2) is 6.72. The third kappa shape index (κ3) is 4.04. The van der Waals surface area contributed by atoms with Crippen LogP contribution in [0.2, 0.25) is 0 Å². The lowest BCUT2D eigenvalue weighted by Crippen LogP contribution is -2.28. The zero-order chi connectivity index (χ0) is 15.4. The molecule has 0 aliphatic rings. The Bertz CT molecular complexity index is 574. The van der Waals surface area contributed by atoms with E-state index < -0.39 is 0 Å². The van der Waals surface area contributed by atoms with Gasteiger partial charge in [-0.05, 0) is 31.0 Å². The number of nitrogens with one attached hydrogen (secondary N) is 1. The number of halogens is 1. The Morgan fingerprint density at radius 2 is 1.95 bits per heavy atom. The van der Waals surface area contributed by atoms with Gasteiger partial charge >= 0.3 is 0 Å². The number of anilines is 1. The molecule has 1 heterocycles. The van der Waals surface area contributed by atoms with Crippen LogP contribution in [-0.4, -0.2) is 29.7 Å². The molecule has 0 spiro atoms. The van der Waals surface area contributed by atoms with Crippen molar-refractivity contribution >= 4 is 5.95 Å². The molecule has 0 aliphatic heterocycles. The van der Waals surface area contributed by atoms with Crippen LogP contribution >= 0.6 is 0 Å². The maximum absolute atomic E-state index is 12.9. The van der Waals surface area contributed by atoms with E-state index in [2.05, 4.69) is 21.8 Å². The number of aromatic nitrogens is 2. The molecule has 21 heavy (non-hydrogen) atoms. The second-order valence-electron chi connectivity index (χ2n) is 5.62. The van der Waals surface area contributed by atoms with Gasteiger partial charge in [0.15, 0.2) is 0 Å². The minimum atomic E-state index is -0.189. The van der Waals surface area contributed by atoms with Crippen molar-refractivity contribution in [2.45, 2.75) is 25.9 Å². The summed E-state index contributed by atoms with van der Waals surface area (Å²) in [5.74, 6) is 0.753. The van der Waals surface area contributed by atoms with Gasteiger partial charge in [-0.15, -0.1) is 0 Å². The van der Waals surface area contributed by atoms with Gasteiger partial charge in [-0.3, -0.25) is 0 Å². The highest BCUT2D eigenvalue weighted by molar-refractivity contribution is 5.30. The lowest BCUT2D eigenvalue weighted by molar-refractivity contribution is 0.532. The summed E-state index contributed by atoms with van der Waals surface area (Å²) in [7, 11) is 5.98. The molecular weight excluding hydrogens is 267 g/mol. The molecule has 0 bridgehead atoms. The number of rotatable bonds is 6. The van der Waals surface area contributed by atoms with Gasteiger partial charge in [-0.25, -0.2) is 9.37 Å². The average Bonchev–Trinajstić information content (AvgIpc) is 2.80. The lowest BCUT2D eigenvalue weighted by atomic mass is 10.1. The van der Waals surface area contributed by atoms with Crippen molar-refractivity contribution in [3.8, 4) is 0 Å². The highest BCUT2D eigenvalue weighted by atomic mass is 19.1. The third-order valence-corrected chi connectivity index (χ3v) is 3.55. The van der Waals surface area contributed by atoms with Crippen LogP contribution < -0.4 is 10.2 Å². The first-order valence-corrected chi connectivity index (χ1v) is 7.13. The van der Waals surface area contributed by atoms with E-state index in [4.69, 9.17) is 0 Å². The molecule has 0 aliphatic carbocycles. The summed E-state index contributed by atoms with van der Waals surface area (Å²) in [5.41, 5.74) is 2.28. The van der Waals surface area contributed by atoms with Crippen LogP contribution in [-0.2, 0) is 20.0 Å².